The van der Waals surface area contributed by atoms with Gasteiger partial charge in [0.2, 0.25) is 0 Å². The summed E-state index contributed by atoms with van der Waals surface area (Å²) in [5, 5.41) is 3.48. The van der Waals surface area contributed by atoms with Gasteiger partial charge >= 0.3 is 0 Å². The second-order valence-electron chi connectivity index (χ2n) is 6.65. The molecular weight excluding hydrogens is 324 g/mol. The lowest BCUT2D eigenvalue weighted by atomic mass is 10.1. The van der Waals surface area contributed by atoms with Crippen LogP contribution >= 0.6 is 11.3 Å². The third-order valence-corrected chi connectivity index (χ3v) is 5.26. The van der Waals surface area contributed by atoms with Crippen molar-refractivity contribution in [2.45, 2.75) is 52.3 Å². The molecule has 0 aliphatic carbocycles. The summed E-state index contributed by atoms with van der Waals surface area (Å²) in [4.78, 5) is 0. The van der Waals surface area contributed by atoms with Gasteiger partial charge in [-0.2, -0.15) is 0 Å². The monoisotopic (exact) mass is 352 g/mol. The van der Waals surface area contributed by atoms with Crippen LogP contribution in [0.5, 0.6) is 0 Å². The topological polar surface area (TPSA) is 36.9 Å². The number of methoxy groups -OCH3 is 2. The normalized spacial score (nSPS) is 12.9. The highest BCUT2D eigenvalue weighted by Gasteiger charge is 2.19. The molecule has 0 fully saturated rings. The zero-order valence-corrected chi connectivity index (χ0v) is 16.3. The molecule has 0 saturated carbocycles. The molecule has 0 radical (unpaired) electrons. The maximum absolute atomic E-state index is 5.87. The summed E-state index contributed by atoms with van der Waals surface area (Å²) in [6.07, 6.45) is 0.862. The van der Waals surface area contributed by atoms with Crippen LogP contribution in [0.4, 0.5) is 0 Å². The predicted octanol–water partition coefficient (Wildman–Crippen LogP) is 4.74. The number of benzene rings is 1. The van der Waals surface area contributed by atoms with E-state index in [1.165, 1.54) is 21.2 Å². The highest BCUT2D eigenvalue weighted by Crippen LogP contribution is 2.31. The molecule has 2 aromatic rings. The van der Waals surface area contributed by atoms with Gasteiger partial charge in [0.25, 0.3) is 0 Å². The summed E-state index contributed by atoms with van der Waals surface area (Å²) < 4.78 is 23.5. The minimum Gasteiger partial charge on any atom is -0.354 e. The molecule has 0 aliphatic rings. The summed E-state index contributed by atoms with van der Waals surface area (Å²) in [7, 11) is 3.32. The largest absolute Gasteiger partial charge is 0.354 e. The number of thiophene rings is 1. The van der Waals surface area contributed by atoms with Crippen LogP contribution in [0.25, 0.3) is 10.1 Å². The lowest BCUT2D eigenvalue weighted by Gasteiger charge is -2.23. The van der Waals surface area contributed by atoms with Crippen molar-refractivity contribution in [2.75, 3.05) is 20.8 Å². The Kier molecular flexibility index (Phi) is 6.39. The summed E-state index contributed by atoms with van der Waals surface area (Å²) in [6, 6.07) is 6.35. The second kappa shape index (κ2) is 7.93. The lowest BCUT2D eigenvalue weighted by Crippen LogP contribution is -2.27. The first-order valence-electron chi connectivity index (χ1n) is 8.14. The number of ether oxygens (including phenoxy) is 4. The number of hydrogen-bond donors (Lipinski definition) is 0. The maximum Gasteiger partial charge on any atom is 0.162 e. The Balaban J connectivity index is 2.08. The van der Waals surface area contributed by atoms with Crippen LogP contribution in [0.3, 0.4) is 0 Å². The third kappa shape index (κ3) is 5.01. The van der Waals surface area contributed by atoms with E-state index in [1.54, 1.807) is 25.6 Å². The Morgan fingerprint density at radius 3 is 2.25 bits per heavy atom. The molecule has 1 aromatic carbocycles. The molecule has 0 spiro atoms. The molecule has 0 bridgehead atoms. The minimum atomic E-state index is -0.582. The van der Waals surface area contributed by atoms with Crippen LogP contribution in [-0.2, 0) is 32.0 Å². The molecular formula is C19H28O4S. The molecule has 4 nitrogen and oxygen atoms in total. The molecule has 1 heterocycles. The van der Waals surface area contributed by atoms with E-state index < -0.39 is 11.6 Å². The highest BCUT2D eigenvalue weighted by molar-refractivity contribution is 7.17. The number of hydrogen-bond acceptors (Lipinski definition) is 5. The van der Waals surface area contributed by atoms with Gasteiger partial charge in [-0.15, -0.1) is 11.3 Å². The SMILES string of the molecule is COC(C)(C)OCCc1csc2c(COC(C)(C)OC)cccc12. The van der Waals surface area contributed by atoms with Crippen LogP contribution in [-0.4, -0.2) is 32.4 Å². The van der Waals surface area contributed by atoms with E-state index in [1.807, 2.05) is 27.7 Å². The fourth-order valence-electron chi connectivity index (χ4n) is 2.25. The zero-order valence-electron chi connectivity index (χ0n) is 15.5. The van der Waals surface area contributed by atoms with Gasteiger partial charge in [0, 0.05) is 18.9 Å². The van der Waals surface area contributed by atoms with Gasteiger partial charge in [-0.25, -0.2) is 0 Å². The summed E-state index contributed by atoms with van der Waals surface area (Å²) in [5.74, 6) is -1.13. The van der Waals surface area contributed by atoms with Crippen molar-refractivity contribution < 1.29 is 18.9 Å². The first-order chi connectivity index (χ1) is 11.3. The van der Waals surface area contributed by atoms with Crippen LogP contribution < -0.4 is 0 Å². The van der Waals surface area contributed by atoms with Crippen LogP contribution in [0.15, 0.2) is 23.6 Å². The molecule has 134 valence electrons. The van der Waals surface area contributed by atoms with Crippen molar-refractivity contribution in [2.24, 2.45) is 0 Å². The van der Waals surface area contributed by atoms with Crippen molar-refractivity contribution >= 4 is 21.4 Å². The van der Waals surface area contributed by atoms with Crippen LogP contribution in [0.1, 0.15) is 38.8 Å². The quantitative estimate of drug-likeness (QED) is 0.611. The second-order valence-corrected chi connectivity index (χ2v) is 7.53. The van der Waals surface area contributed by atoms with E-state index in [2.05, 4.69) is 23.6 Å². The van der Waals surface area contributed by atoms with Crippen molar-refractivity contribution in [3.05, 3.63) is 34.7 Å². The first-order valence-corrected chi connectivity index (χ1v) is 9.02. The molecule has 0 unspecified atom stereocenters. The minimum absolute atomic E-state index is 0.533. The maximum atomic E-state index is 5.87. The molecule has 2 rings (SSSR count). The van der Waals surface area contributed by atoms with E-state index in [4.69, 9.17) is 18.9 Å². The van der Waals surface area contributed by atoms with Gasteiger partial charge in [-0.1, -0.05) is 18.2 Å². The lowest BCUT2D eigenvalue weighted by molar-refractivity contribution is -0.204. The Morgan fingerprint density at radius 2 is 1.58 bits per heavy atom. The van der Waals surface area contributed by atoms with Gasteiger partial charge in [0.1, 0.15) is 0 Å². The molecule has 0 atom stereocenters. The number of rotatable bonds is 9. The molecule has 5 heteroatoms. The average Bonchev–Trinajstić information content (AvgIpc) is 2.97. The highest BCUT2D eigenvalue weighted by atomic mass is 32.1. The van der Waals surface area contributed by atoms with Gasteiger partial charge in [0.05, 0.1) is 13.2 Å². The Hall–Kier alpha value is -0.980. The zero-order chi connectivity index (χ0) is 17.8. The Labute approximate surface area is 148 Å². The molecule has 0 aliphatic heterocycles. The van der Waals surface area contributed by atoms with E-state index in [-0.39, 0.29) is 0 Å². The summed E-state index contributed by atoms with van der Waals surface area (Å²) >= 11 is 1.75. The van der Waals surface area contributed by atoms with Gasteiger partial charge in [-0.3, -0.25) is 0 Å². The summed E-state index contributed by atoms with van der Waals surface area (Å²) in [5.41, 5.74) is 2.49. The molecule has 0 amide bonds. The fourth-order valence-corrected chi connectivity index (χ4v) is 3.36. The van der Waals surface area contributed by atoms with E-state index in [0.717, 1.165) is 6.42 Å². The first kappa shape index (κ1) is 19.3. The van der Waals surface area contributed by atoms with Crippen molar-refractivity contribution in [3.63, 3.8) is 0 Å². The molecule has 0 saturated heterocycles. The van der Waals surface area contributed by atoms with Crippen molar-refractivity contribution in [1.29, 1.82) is 0 Å². The summed E-state index contributed by atoms with van der Waals surface area (Å²) in [6.45, 7) is 8.84. The number of fused-ring (bicyclic) bond motifs is 1. The molecule has 1 aromatic heterocycles. The van der Waals surface area contributed by atoms with E-state index in [9.17, 15) is 0 Å². The Morgan fingerprint density at radius 1 is 0.917 bits per heavy atom. The standard InChI is InChI=1S/C19H28O4S/c1-18(2,20-5)22-11-10-15-13-24-17-14(8-7-9-16(15)17)12-23-19(3,4)21-6/h7-9,13H,10-12H2,1-6H3. The Bertz CT molecular complexity index is 660. The predicted molar refractivity (Wildman–Crippen MR) is 98.4 cm³/mol. The molecule has 0 N–H and O–H groups in total. The van der Waals surface area contributed by atoms with Gasteiger partial charge in [0.15, 0.2) is 11.6 Å². The van der Waals surface area contributed by atoms with Crippen molar-refractivity contribution in [1.82, 2.24) is 0 Å². The van der Waals surface area contributed by atoms with E-state index >= 15 is 0 Å². The van der Waals surface area contributed by atoms with Gasteiger partial charge < -0.3 is 18.9 Å². The van der Waals surface area contributed by atoms with Gasteiger partial charge in [-0.05, 0) is 56.0 Å². The fraction of sp³-hybridized carbons (Fsp3) is 0.579. The van der Waals surface area contributed by atoms with Crippen LogP contribution in [0.2, 0.25) is 0 Å². The average molecular weight is 352 g/mol. The van der Waals surface area contributed by atoms with Crippen molar-refractivity contribution in [3.8, 4) is 0 Å². The molecule has 24 heavy (non-hydrogen) atoms. The van der Waals surface area contributed by atoms with E-state index in [0.29, 0.717) is 13.2 Å². The smallest absolute Gasteiger partial charge is 0.162 e. The third-order valence-electron chi connectivity index (χ3n) is 4.14. The van der Waals surface area contributed by atoms with Crippen LogP contribution in [0, 0.1) is 0 Å².